The standard InChI is InChI=1S/C24H40N2O3Si/c1-17(2)30(18(3)4,19(5)6)29-15-20-13-22(20)26-11-9-25(10-12-26)21-7-8-23-24(14-21)28-16-27-23/h7-8,14,17-20,22H,9-13,15-16H2,1-6H3/t20-,22+/m1/s1. The highest BCUT2D eigenvalue weighted by molar-refractivity contribution is 6.77. The minimum atomic E-state index is -1.74. The number of piperazine rings is 1. The van der Waals surface area contributed by atoms with Crippen LogP contribution in [-0.2, 0) is 4.43 Å². The zero-order valence-corrected chi connectivity index (χ0v) is 20.7. The molecule has 0 bridgehead atoms. The number of nitrogens with zero attached hydrogens (tertiary/aromatic N) is 2. The zero-order chi connectivity index (χ0) is 21.5. The van der Waals surface area contributed by atoms with Gasteiger partial charge in [0.1, 0.15) is 0 Å². The molecule has 2 fully saturated rings. The molecule has 0 amide bonds. The lowest BCUT2D eigenvalue weighted by atomic mass is 10.2. The molecule has 2 aliphatic heterocycles. The maximum absolute atomic E-state index is 6.87. The molecule has 1 aromatic carbocycles. The molecule has 30 heavy (non-hydrogen) atoms. The Bertz CT molecular complexity index is 709. The highest BCUT2D eigenvalue weighted by Crippen LogP contribution is 2.45. The molecule has 0 radical (unpaired) electrons. The second-order valence-electron chi connectivity index (χ2n) is 10.3. The molecule has 0 unspecified atom stereocenters. The Morgan fingerprint density at radius 2 is 1.57 bits per heavy atom. The van der Waals surface area contributed by atoms with Crippen LogP contribution < -0.4 is 14.4 Å². The molecule has 5 nitrogen and oxygen atoms in total. The highest BCUT2D eigenvalue weighted by atomic mass is 28.4. The summed E-state index contributed by atoms with van der Waals surface area (Å²) < 4.78 is 17.9. The van der Waals surface area contributed by atoms with Crippen LogP contribution in [0.15, 0.2) is 18.2 Å². The van der Waals surface area contributed by atoms with E-state index in [0.29, 0.717) is 23.4 Å². The lowest BCUT2D eigenvalue weighted by Gasteiger charge is -2.42. The van der Waals surface area contributed by atoms with Gasteiger partial charge in [0.2, 0.25) is 6.79 Å². The lowest BCUT2D eigenvalue weighted by Crippen LogP contribution is -2.49. The summed E-state index contributed by atoms with van der Waals surface area (Å²) in [6.45, 7) is 20.0. The largest absolute Gasteiger partial charge is 0.454 e. The molecule has 0 N–H and O–H groups in total. The fourth-order valence-corrected chi connectivity index (χ4v) is 11.5. The first-order chi connectivity index (χ1) is 14.3. The summed E-state index contributed by atoms with van der Waals surface area (Å²) in [7, 11) is -1.74. The highest BCUT2D eigenvalue weighted by Gasteiger charge is 2.48. The molecular weight excluding hydrogens is 392 g/mol. The monoisotopic (exact) mass is 432 g/mol. The number of ether oxygens (including phenoxy) is 2. The van der Waals surface area contributed by atoms with Crippen LogP contribution in [0.5, 0.6) is 11.5 Å². The van der Waals surface area contributed by atoms with Gasteiger partial charge in [-0.05, 0) is 41.1 Å². The quantitative estimate of drug-likeness (QED) is 0.533. The first kappa shape index (κ1) is 22.0. The van der Waals surface area contributed by atoms with E-state index >= 15 is 0 Å². The minimum Gasteiger partial charge on any atom is -0.454 e. The van der Waals surface area contributed by atoms with Gasteiger partial charge in [-0.3, -0.25) is 4.90 Å². The van der Waals surface area contributed by atoms with Crippen LogP contribution in [0, 0.1) is 5.92 Å². The van der Waals surface area contributed by atoms with Gasteiger partial charge in [-0.25, -0.2) is 0 Å². The predicted octanol–water partition coefficient (Wildman–Crippen LogP) is 5.12. The Morgan fingerprint density at radius 1 is 0.933 bits per heavy atom. The molecule has 1 saturated heterocycles. The van der Waals surface area contributed by atoms with Crippen LogP contribution in [-0.4, -0.2) is 58.8 Å². The van der Waals surface area contributed by atoms with Gasteiger partial charge >= 0.3 is 0 Å². The average Bonchev–Trinajstić information content (AvgIpc) is 3.33. The van der Waals surface area contributed by atoms with Crippen LogP contribution in [0.25, 0.3) is 0 Å². The fourth-order valence-electron chi connectivity index (χ4n) is 6.00. The first-order valence-electron chi connectivity index (χ1n) is 11.9. The SMILES string of the molecule is CC(C)[Si](OC[C@H]1C[C@@H]1N1CCN(c2ccc3c(c2)OCO3)CC1)(C(C)C)C(C)C. The smallest absolute Gasteiger partial charge is 0.231 e. The topological polar surface area (TPSA) is 34.2 Å². The Morgan fingerprint density at radius 3 is 2.20 bits per heavy atom. The van der Waals surface area contributed by atoms with Crippen molar-refractivity contribution in [3.63, 3.8) is 0 Å². The van der Waals surface area contributed by atoms with E-state index in [9.17, 15) is 0 Å². The second-order valence-corrected chi connectivity index (χ2v) is 15.7. The van der Waals surface area contributed by atoms with Crippen LogP contribution >= 0.6 is 0 Å². The number of fused-ring (bicyclic) bond motifs is 1. The molecule has 2 atom stereocenters. The van der Waals surface area contributed by atoms with E-state index < -0.39 is 8.32 Å². The van der Waals surface area contributed by atoms with Gasteiger partial charge in [0.05, 0.1) is 0 Å². The first-order valence-corrected chi connectivity index (χ1v) is 14.0. The van der Waals surface area contributed by atoms with E-state index in [1.54, 1.807) is 0 Å². The summed E-state index contributed by atoms with van der Waals surface area (Å²) in [5.41, 5.74) is 3.25. The normalized spacial score (nSPS) is 24.4. The van der Waals surface area contributed by atoms with E-state index in [4.69, 9.17) is 13.9 Å². The average molecular weight is 433 g/mol. The zero-order valence-electron chi connectivity index (χ0n) is 19.7. The van der Waals surface area contributed by atoms with E-state index in [1.807, 2.05) is 6.07 Å². The summed E-state index contributed by atoms with van der Waals surface area (Å²) in [5.74, 6) is 2.47. The third-order valence-corrected chi connectivity index (χ3v) is 13.7. The van der Waals surface area contributed by atoms with Gasteiger partial charge in [-0.2, -0.15) is 0 Å². The molecule has 3 aliphatic rings. The van der Waals surface area contributed by atoms with E-state index in [1.165, 1.54) is 12.1 Å². The van der Waals surface area contributed by atoms with Crippen molar-refractivity contribution in [1.29, 1.82) is 0 Å². The summed E-state index contributed by atoms with van der Waals surface area (Å²) in [6.07, 6.45) is 1.31. The van der Waals surface area contributed by atoms with Gasteiger partial charge in [0.25, 0.3) is 0 Å². The molecule has 0 spiro atoms. The van der Waals surface area contributed by atoms with Gasteiger partial charge in [-0.15, -0.1) is 0 Å². The Hall–Kier alpha value is -1.24. The van der Waals surface area contributed by atoms with Crippen molar-refractivity contribution in [2.24, 2.45) is 5.92 Å². The summed E-state index contributed by atoms with van der Waals surface area (Å²) in [5, 5.41) is 0. The van der Waals surface area contributed by atoms with Crippen molar-refractivity contribution < 1.29 is 13.9 Å². The van der Waals surface area contributed by atoms with Gasteiger partial charge in [0.15, 0.2) is 19.8 Å². The maximum Gasteiger partial charge on any atom is 0.231 e. The van der Waals surface area contributed by atoms with Crippen LogP contribution in [0.1, 0.15) is 48.0 Å². The van der Waals surface area contributed by atoms with E-state index in [0.717, 1.165) is 56.2 Å². The van der Waals surface area contributed by atoms with Crippen molar-refractivity contribution in [3.05, 3.63) is 18.2 Å². The van der Waals surface area contributed by atoms with Crippen LogP contribution in [0.2, 0.25) is 16.6 Å². The van der Waals surface area contributed by atoms with E-state index in [-0.39, 0.29) is 0 Å². The number of hydrogen-bond donors (Lipinski definition) is 0. The van der Waals surface area contributed by atoms with Crippen molar-refractivity contribution in [3.8, 4) is 11.5 Å². The number of anilines is 1. The molecule has 168 valence electrons. The third-order valence-electron chi connectivity index (χ3n) is 7.64. The molecule has 1 aliphatic carbocycles. The van der Waals surface area contributed by atoms with Crippen molar-refractivity contribution in [2.45, 2.75) is 70.6 Å². The Balaban J connectivity index is 1.28. The summed E-state index contributed by atoms with van der Waals surface area (Å²) in [4.78, 5) is 5.17. The Kier molecular flexibility index (Phi) is 6.38. The van der Waals surface area contributed by atoms with Gasteiger partial charge < -0.3 is 18.8 Å². The van der Waals surface area contributed by atoms with Crippen LogP contribution in [0.3, 0.4) is 0 Å². The second kappa shape index (κ2) is 8.71. The van der Waals surface area contributed by atoms with Gasteiger partial charge in [-0.1, -0.05) is 41.5 Å². The number of hydrogen-bond acceptors (Lipinski definition) is 5. The van der Waals surface area contributed by atoms with Crippen molar-refractivity contribution >= 4 is 14.0 Å². The molecule has 1 aromatic rings. The summed E-state index contributed by atoms with van der Waals surface area (Å²) in [6, 6.07) is 7.04. The van der Waals surface area contributed by atoms with Crippen LogP contribution in [0.4, 0.5) is 5.69 Å². The van der Waals surface area contributed by atoms with E-state index in [2.05, 4.69) is 63.5 Å². The number of rotatable bonds is 8. The fraction of sp³-hybridized carbons (Fsp3) is 0.750. The summed E-state index contributed by atoms with van der Waals surface area (Å²) >= 11 is 0. The predicted molar refractivity (Wildman–Crippen MR) is 125 cm³/mol. The minimum absolute atomic E-state index is 0.340. The van der Waals surface area contributed by atoms with Crippen molar-refractivity contribution in [2.75, 3.05) is 44.5 Å². The Labute approximate surface area is 183 Å². The molecule has 6 heteroatoms. The maximum atomic E-state index is 6.87. The molecule has 1 saturated carbocycles. The lowest BCUT2D eigenvalue weighted by molar-refractivity contribution is 0.174. The molecular formula is C24H40N2O3Si. The number of benzene rings is 1. The molecule has 2 heterocycles. The molecule has 4 rings (SSSR count). The van der Waals surface area contributed by atoms with Gasteiger partial charge in [0, 0.05) is 50.6 Å². The van der Waals surface area contributed by atoms with Crippen molar-refractivity contribution in [1.82, 2.24) is 4.90 Å². The molecule has 0 aromatic heterocycles. The third kappa shape index (κ3) is 4.11.